The number of para-hydroxylation sites is 2. The Bertz CT molecular complexity index is 2760. The van der Waals surface area contributed by atoms with Crippen LogP contribution < -0.4 is 0 Å². The van der Waals surface area contributed by atoms with Crippen molar-refractivity contribution in [2.45, 2.75) is 0 Å². The Kier molecular flexibility index (Phi) is 4.42. The van der Waals surface area contributed by atoms with Crippen LogP contribution in [-0.2, 0) is 0 Å². The summed E-state index contributed by atoms with van der Waals surface area (Å²) in [4.78, 5) is 14.2. The standard InChI is InChI=1S/C39H24N4O/c1-3-12-25(13-4-1)37-40-38(26-14-5-2-6-15-26)42-39(41-37)27-16-11-17-28(24-27)43-32-20-9-7-19-31(32)35-33(43)23-22-30-29-18-8-10-21-34(29)44-36(30)35/h1-24H/i1D,3D,4D,12D,13D. The highest BCUT2D eigenvalue weighted by atomic mass is 16.3. The van der Waals surface area contributed by atoms with Crippen molar-refractivity contribution in [3.8, 4) is 39.9 Å². The van der Waals surface area contributed by atoms with E-state index in [1.165, 1.54) is 0 Å². The van der Waals surface area contributed by atoms with Crippen molar-refractivity contribution in [2.75, 3.05) is 0 Å². The molecule has 0 unspecified atom stereocenters. The lowest BCUT2D eigenvalue weighted by molar-refractivity contribution is 0.673. The van der Waals surface area contributed by atoms with E-state index in [9.17, 15) is 0 Å². The second-order valence-corrected chi connectivity index (χ2v) is 10.5. The van der Waals surface area contributed by atoms with E-state index in [1.807, 2.05) is 84.9 Å². The van der Waals surface area contributed by atoms with Gasteiger partial charge in [-0.25, -0.2) is 15.0 Å². The van der Waals surface area contributed by atoms with Gasteiger partial charge in [0.15, 0.2) is 17.5 Å². The van der Waals surface area contributed by atoms with Crippen LogP contribution >= 0.6 is 0 Å². The number of hydrogen-bond acceptors (Lipinski definition) is 4. The molecule has 9 aromatic rings. The van der Waals surface area contributed by atoms with E-state index < -0.39 is 18.1 Å². The first-order valence-corrected chi connectivity index (χ1v) is 14.2. The summed E-state index contributed by atoms with van der Waals surface area (Å²) in [5.41, 5.74) is 5.80. The van der Waals surface area contributed by atoms with Gasteiger partial charge >= 0.3 is 0 Å². The molecule has 0 saturated carbocycles. The molecule has 5 heteroatoms. The quantitative estimate of drug-likeness (QED) is 0.212. The van der Waals surface area contributed by atoms with E-state index >= 15 is 0 Å². The molecule has 3 heterocycles. The van der Waals surface area contributed by atoms with Gasteiger partial charge in [0, 0.05) is 38.5 Å². The van der Waals surface area contributed by atoms with Crippen LogP contribution in [0.5, 0.6) is 0 Å². The molecule has 0 N–H and O–H groups in total. The van der Waals surface area contributed by atoms with Gasteiger partial charge in [-0.15, -0.1) is 0 Å². The minimum absolute atomic E-state index is 0.00426. The van der Waals surface area contributed by atoms with Gasteiger partial charge in [0.1, 0.15) is 11.2 Å². The van der Waals surface area contributed by atoms with Gasteiger partial charge in [0.25, 0.3) is 0 Å². The number of nitrogens with zero attached hydrogens (tertiary/aromatic N) is 4. The van der Waals surface area contributed by atoms with Gasteiger partial charge < -0.3 is 8.98 Å². The summed E-state index contributed by atoms with van der Waals surface area (Å²) in [5, 5.41) is 4.20. The van der Waals surface area contributed by atoms with Gasteiger partial charge in [-0.3, -0.25) is 0 Å². The number of aromatic nitrogens is 4. The molecule has 0 aliphatic rings. The highest BCUT2D eigenvalue weighted by molar-refractivity contribution is 6.23. The molecule has 3 aromatic heterocycles. The topological polar surface area (TPSA) is 56.7 Å². The average Bonchev–Trinajstić information content (AvgIpc) is 3.69. The molecule has 0 atom stereocenters. The van der Waals surface area contributed by atoms with Crippen molar-refractivity contribution in [3.05, 3.63) is 145 Å². The largest absolute Gasteiger partial charge is 0.455 e. The predicted octanol–water partition coefficient (Wildman–Crippen LogP) is 9.87. The first kappa shape index (κ1) is 19.9. The van der Waals surface area contributed by atoms with Gasteiger partial charge in [0.05, 0.1) is 23.3 Å². The second-order valence-electron chi connectivity index (χ2n) is 10.5. The maximum atomic E-state index is 8.61. The molecule has 0 fully saturated rings. The zero-order valence-electron chi connectivity index (χ0n) is 28.2. The predicted molar refractivity (Wildman–Crippen MR) is 178 cm³/mol. The van der Waals surface area contributed by atoms with E-state index in [0.29, 0.717) is 22.8 Å². The maximum Gasteiger partial charge on any atom is 0.164 e. The van der Waals surface area contributed by atoms with E-state index in [0.717, 1.165) is 49.4 Å². The molecular weight excluding hydrogens is 540 g/mol. The Labute approximate surface area is 259 Å². The third kappa shape index (κ3) is 3.83. The lowest BCUT2D eigenvalue weighted by atomic mass is 10.1. The van der Waals surface area contributed by atoms with Crippen LogP contribution in [0.2, 0.25) is 0 Å². The average molecular weight is 570 g/mol. The van der Waals surface area contributed by atoms with Crippen molar-refractivity contribution in [1.29, 1.82) is 0 Å². The summed E-state index contributed by atoms with van der Waals surface area (Å²) in [6, 6.07) is 35.6. The molecule has 0 amide bonds. The lowest BCUT2D eigenvalue weighted by Crippen LogP contribution is -2.01. The van der Waals surface area contributed by atoms with Crippen molar-refractivity contribution in [1.82, 2.24) is 19.5 Å². The summed E-state index contributed by atoms with van der Waals surface area (Å²) in [5.74, 6) is 0.621. The van der Waals surface area contributed by atoms with Gasteiger partial charge in [-0.05, 0) is 36.4 Å². The monoisotopic (exact) mass is 569 g/mol. The molecule has 5 nitrogen and oxygen atoms in total. The van der Waals surface area contributed by atoms with Crippen molar-refractivity contribution in [3.63, 3.8) is 0 Å². The van der Waals surface area contributed by atoms with Crippen molar-refractivity contribution < 1.29 is 11.3 Å². The summed E-state index contributed by atoms with van der Waals surface area (Å²) in [6.07, 6.45) is 0. The van der Waals surface area contributed by atoms with Crippen LogP contribution in [0, 0.1) is 0 Å². The summed E-state index contributed by atoms with van der Waals surface area (Å²) in [7, 11) is 0. The Morgan fingerprint density at radius 2 is 1.20 bits per heavy atom. The van der Waals surface area contributed by atoms with Crippen molar-refractivity contribution in [2.24, 2.45) is 0 Å². The van der Waals surface area contributed by atoms with E-state index in [4.69, 9.17) is 21.2 Å². The van der Waals surface area contributed by atoms with Crippen LogP contribution in [0.4, 0.5) is 0 Å². The number of benzene rings is 6. The summed E-state index contributed by atoms with van der Waals surface area (Å²) < 4.78 is 50.5. The van der Waals surface area contributed by atoms with Gasteiger partial charge in [-0.1, -0.05) is 109 Å². The molecule has 0 radical (unpaired) electrons. The van der Waals surface area contributed by atoms with E-state index in [-0.39, 0.29) is 23.5 Å². The first-order valence-electron chi connectivity index (χ1n) is 16.7. The third-order valence-corrected chi connectivity index (χ3v) is 7.93. The minimum atomic E-state index is -0.477. The van der Waals surface area contributed by atoms with E-state index in [2.05, 4.69) is 39.9 Å². The SMILES string of the molecule is [2H]c1c([2H])c([2H])c(-c2nc(-c3ccccc3)nc(-c3cccc(-n4c5ccccc5c5c6oc7ccccc7c6ccc54)c3)n2)c([2H])c1[2H]. The molecule has 6 aromatic carbocycles. The molecule has 9 rings (SSSR count). The smallest absolute Gasteiger partial charge is 0.164 e. The number of hydrogen-bond donors (Lipinski definition) is 0. The van der Waals surface area contributed by atoms with Gasteiger partial charge in [0.2, 0.25) is 0 Å². The van der Waals surface area contributed by atoms with Crippen LogP contribution in [-0.4, -0.2) is 19.5 Å². The molecule has 206 valence electrons. The Morgan fingerprint density at radius 3 is 2.05 bits per heavy atom. The molecule has 0 spiro atoms. The lowest BCUT2D eigenvalue weighted by Gasteiger charge is -2.11. The van der Waals surface area contributed by atoms with E-state index in [1.54, 1.807) is 0 Å². The zero-order valence-corrected chi connectivity index (χ0v) is 23.2. The molecule has 44 heavy (non-hydrogen) atoms. The van der Waals surface area contributed by atoms with Crippen molar-refractivity contribution >= 4 is 43.7 Å². The summed E-state index contributed by atoms with van der Waals surface area (Å²) >= 11 is 0. The Hall–Kier alpha value is -6.07. The molecular formula is C39H24N4O. The fourth-order valence-corrected chi connectivity index (χ4v) is 5.99. The molecule has 0 saturated heterocycles. The zero-order chi connectivity index (χ0) is 33.4. The van der Waals surface area contributed by atoms with Crippen LogP contribution in [0.15, 0.2) is 150 Å². The fraction of sp³-hybridized carbons (Fsp3) is 0. The molecule has 0 bridgehead atoms. The van der Waals surface area contributed by atoms with Crippen LogP contribution in [0.1, 0.15) is 6.85 Å². The maximum absolute atomic E-state index is 8.61. The van der Waals surface area contributed by atoms with Crippen LogP contribution in [0.25, 0.3) is 83.6 Å². The van der Waals surface area contributed by atoms with Gasteiger partial charge in [-0.2, -0.15) is 0 Å². The highest BCUT2D eigenvalue weighted by Crippen LogP contribution is 2.40. The number of rotatable bonds is 4. The fourth-order valence-electron chi connectivity index (χ4n) is 5.99. The Balaban J connectivity index is 1.28. The second kappa shape index (κ2) is 9.75. The summed E-state index contributed by atoms with van der Waals surface area (Å²) in [6.45, 7) is 0. The molecule has 0 aliphatic carbocycles. The Morgan fingerprint density at radius 1 is 0.523 bits per heavy atom. The first-order chi connectivity index (χ1) is 23.9. The number of furan rings is 1. The number of fused-ring (bicyclic) bond motifs is 7. The highest BCUT2D eigenvalue weighted by Gasteiger charge is 2.19. The normalized spacial score (nSPS) is 13.2. The minimum Gasteiger partial charge on any atom is -0.455 e. The third-order valence-electron chi connectivity index (χ3n) is 7.93. The van der Waals surface area contributed by atoms with Crippen LogP contribution in [0.3, 0.4) is 0 Å². The molecule has 0 aliphatic heterocycles.